The Morgan fingerprint density at radius 2 is 2.14 bits per heavy atom. The van der Waals surface area contributed by atoms with Crippen LogP contribution in [0.2, 0.25) is 0 Å². The second kappa shape index (κ2) is 5.27. The molecule has 1 aromatic carbocycles. The van der Waals surface area contributed by atoms with E-state index in [1.165, 1.54) is 0 Å². The number of nitrogens with two attached hydrogens (primary N) is 1. The average molecular weight is 192 g/mol. The number of aryl methyl sites for hydroxylation is 1. The molecule has 0 radical (unpaired) electrons. The second-order valence-electron chi connectivity index (χ2n) is 3.15. The van der Waals surface area contributed by atoms with Gasteiger partial charge in [-0.25, -0.2) is 0 Å². The van der Waals surface area contributed by atoms with Crippen molar-refractivity contribution >= 4 is 11.6 Å². The molecule has 0 saturated carbocycles. The largest absolute Gasteiger partial charge is 0.399 e. The normalized spacial score (nSPS) is 9.79. The molecule has 76 valence electrons. The molecular weight excluding hydrogens is 176 g/mol. The molecule has 0 atom stereocenters. The number of benzene rings is 1. The number of amides is 1. The molecule has 0 saturated heterocycles. The van der Waals surface area contributed by atoms with E-state index in [9.17, 15) is 4.79 Å². The summed E-state index contributed by atoms with van der Waals surface area (Å²) in [6.07, 6.45) is 1.21. The Bertz CT molecular complexity index is 310. The van der Waals surface area contributed by atoms with E-state index in [1.54, 1.807) is 0 Å². The van der Waals surface area contributed by atoms with Crippen molar-refractivity contribution in [2.45, 2.75) is 19.8 Å². The number of nitrogen functional groups attached to an aromatic ring is 1. The maximum absolute atomic E-state index is 11.2. The van der Waals surface area contributed by atoms with Crippen LogP contribution in [0, 0.1) is 0 Å². The summed E-state index contributed by atoms with van der Waals surface area (Å²) in [5.41, 5.74) is 7.55. The van der Waals surface area contributed by atoms with Gasteiger partial charge in [-0.05, 0) is 25.0 Å². The second-order valence-corrected chi connectivity index (χ2v) is 3.15. The highest BCUT2D eigenvalue weighted by atomic mass is 16.1. The summed E-state index contributed by atoms with van der Waals surface area (Å²) in [4.78, 5) is 11.2. The van der Waals surface area contributed by atoms with Crippen molar-refractivity contribution in [3.8, 4) is 0 Å². The van der Waals surface area contributed by atoms with Crippen LogP contribution in [0.15, 0.2) is 24.3 Å². The highest BCUT2D eigenvalue weighted by molar-refractivity contribution is 5.76. The number of carbonyl (C=O) groups is 1. The topological polar surface area (TPSA) is 55.1 Å². The summed E-state index contributed by atoms with van der Waals surface area (Å²) in [5, 5.41) is 2.76. The molecule has 0 bridgehead atoms. The molecule has 3 N–H and O–H groups in total. The first kappa shape index (κ1) is 10.6. The van der Waals surface area contributed by atoms with Gasteiger partial charge in [0.25, 0.3) is 0 Å². The molecule has 0 heterocycles. The van der Waals surface area contributed by atoms with Crippen molar-refractivity contribution in [3.05, 3.63) is 29.8 Å². The summed E-state index contributed by atoms with van der Waals surface area (Å²) >= 11 is 0. The van der Waals surface area contributed by atoms with Crippen LogP contribution in [0.3, 0.4) is 0 Å². The zero-order chi connectivity index (χ0) is 10.4. The highest BCUT2D eigenvalue weighted by Crippen LogP contribution is 2.12. The van der Waals surface area contributed by atoms with Gasteiger partial charge in [-0.15, -0.1) is 0 Å². The predicted octanol–water partition coefficient (Wildman–Crippen LogP) is 1.34. The first-order valence-corrected chi connectivity index (χ1v) is 4.84. The van der Waals surface area contributed by atoms with Crippen molar-refractivity contribution < 1.29 is 4.79 Å². The van der Waals surface area contributed by atoms with Crippen molar-refractivity contribution in [2.75, 3.05) is 12.3 Å². The van der Waals surface area contributed by atoms with Gasteiger partial charge in [0, 0.05) is 18.7 Å². The summed E-state index contributed by atoms with van der Waals surface area (Å²) < 4.78 is 0. The molecular formula is C11H16N2O. The lowest BCUT2D eigenvalue weighted by molar-refractivity contribution is -0.120. The van der Waals surface area contributed by atoms with Crippen LogP contribution in [-0.4, -0.2) is 12.5 Å². The van der Waals surface area contributed by atoms with E-state index in [-0.39, 0.29) is 5.91 Å². The van der Waals surface area contributed by atoms with Gasteiger partial charge in [0.2, 0.25) is 5.91 Å². The molecule has 0 aliphatic carbocycles. The maximum atomic E-state index is 11.2. The maximum Gasteiger partial charge on any atom is 0.220 e. The van der Waals surface area contributed by atoms with Crippen molar-refractivity contribution in [1.82, 2.24) is 5.32 Å². The number of hydrogen-bond acceptors (Lipinski definition) is 2. The smallest absolute Gasteiger partial charge is 0.220 e. The third-order valence-electron chi connectivity index (χ3n) is 2.05. The number of hydrogen-bond donors (Lipinski definition) is 2. The van der Waals surface area contributed by atoms with Crippen molar-refractivity contribution in [3.63, 3.8) is 0 Å². The fourth-order valence-electron chi connectivity index (χ4n) is 1.30. The number of anilines is 1. The Kier molecular flexibility index (Phi) is 3.98. The Balaban J connectivity index is 2.46. The van der Waals surface area contributed by atoms with Gasteiger partial charge in [0.1, 0.15) is 0 Å². The molecule has 0 aliphatic rings. The standard InChI is InChI=1S/C11H16N2O/c1-2-13-11(14)8-7-9-5-3-4-6-10(9)12/h3-6H,2,7-8,12H2,1H3,(H,13,14). The molecule has 0 fully saturated rings. The lowest BCUT2D eigenvalue weighted by Crippen LogP contribution is -2.22. The molecule has 0 unspecified atom stereocenters. The number of rotatable bonds is 4. The summed E-state index contributed by atoms with van der Waals surface area (Å²) in [6, 6.07) is 7.63. The van der Waals surface area contributed by atoms with Gasteiger partial charge in [0.05, 0.1) is 0 Å². The average Bonchev–Trinajstić information content (AvgIpc) is 2.17. The Hall–Kier alpha value is -1.51. The molecule has 14 heavy (non-hydrogen) atoms. The number of carbonyl (C=O) groups excluding carboxylic acids is 1. The molecule has 1 amide bonds. The zero-order valence-electron chi connectivity index (χ0n) is 8.42. The van der Waals surface area contributed by atoms with Gasteiger partial charge >= 0.3 is 0 Å². The quantitative estimate of drug-likeness (QED) is 0.707. The lowest BCUT2D eigenvalue weighted by atomic mass is 10.1. The van der Waals surface area contributed by atoms with Crippen LogP contribution in [0.4, 0.5) is 5.69 Å². The lowest BCUT2D eigenvalue weighted by Gasteiger charge is -2.04. The Morgan fingerprint density at radius 1 is 1.43 bits per heavy atom. The molecule has 1 rings (SSSR count). The van der Waals surface area contributed by atoms with Crippen molar-refractivity contribution in [2.24, 2.45) is 0 Å². The fourth-order valence-corrected chi connectivity index (χ4v) is 1.30. The van der Waals surface area contributed by atoms with Crippen LogP contribution in [0.25, 0.3) is 0 Å². The summed E-state index contributed by atoms with van der Waals surface area (Å²) in [7, 11) is 0. The minimum atomic E-state index is 0.0794. The monoisotopic (exact) mass is 192 g/mol. The predicted molar refractivity (Wildman–Crippen MR) is 57.9 cm³/mol. The van der Waals surface area contributed by atoms with Gasteiger partial charge in [-0.1, -0.05) is 18.2 Å². The molecule has 3 heteroatoms. The first-order valence-electron chi connectivity index (χ1n) is 4.84. The van der Waals surface area contributed by atoms with Gasteiger partial charge in [-0.3, -0.25) is 4.79 Å². The third kappa shape index (κ3) is 3.09. The number of nitrogens with one attached hydrogen (secondary N) is 1. The van der Waals surface area contributed by atoms with E-state index in [0.29, 0.717) is 19.4 Å². The van der Waals surface area contributed by atoms with Crippen molar-refractivity contribution in [1.29, 1.82) is 0 Å². The van der Waals surface area contributed by atoms with Crippen LogP contribution in [0.1, 0.15) is 18.9 Å². The first-order chi connectivity index (χ1) is 6.74. The van der Waals surface area contributed by atoms with E-state index in [1.807, 2.05) is 31.2 Å². The molecule has 1 aromatic rings. The third-order valence-corrected chi connectivity index (χ3v) is 2.05. The molecule has 0 aliphatic heterocycles. The highest BCUT2D eigenvalue weighted by Gasteiger charge is 2.02. The fraction of sp³-hybridized carbons (Fsp3) is 0.364. The Morgan fingerprint density at radius 3 is 2.79 bits per heavy atom. The minimum Gasteiger partial charge on any atom is -0.399 e. The summed E-state index contributed by atoms with van der Waals surface area (Å²) in [6.45, 7) is 2.60. The molecule has 3 nitrogen and oxygen atoms in total. The van der Waals surface area contributed by atoms with E-state index < -0.39 is 0 Å². The minimum absolute atomic E-state index is 0.0794. The van der Waals surface area contributed by atoms with Gasteiger partial charge < -0.3 is 11.1 Å². The van der Waals surface area contributed by atoms with E-state index in [0.717, 1.165) is 11.3 Å². The van der Waals surface area contributed by atoms with E-state index >= 15 is 0 Å². The van der Waals surface area contributed by atoms with Gasteiger partial charge in [0.15, 0.2) is 0 Å². The van der Waals surface area contributed by atoms with Crippen LogP contribution in [-0.2, 0) is 11.2 Å². The SMILES string of the molecule is CCNC(=O)CCc1ccccc1N. The van der Waals surface area contributed by atoms with E-state index in [2.05, 4.69) is 5.32 Å². The van der Waals surface area contributed by atoms with E-state index in [4.69, 9.17) is 5.73 Å². The molecule has 0 aromatic heterocycles. The Labute approximate surface area is 84.3 Å². The zero-order valence-corrected chi connectivity index (χ0v) is 8.42. The van der Waals surface area contributed by atoms with Crippen LogP contribution in [0.5, 0.6) is 0 Å². The number of para-hydroxylation sites is 1. The van der Waals surface area contributed by atoms with Crippen LogP contribution < -0.4 is 11.1 Å². The van der Waals surface area contributed by atoms with Crippen LogP contribution >= 0.6 is 0 Å². The van der Waals surface area contributed by atoms with Gasteiger partial charge in [-0.2, -0.15) is 0 Å². The molecule has 0 spiro atoms. The summed E-state index contributed by atoms with van der Waals surface area (Å²) in [5.74, 6) is 0.0794.